The lowest BCUT2D eigenvalue weighted by Gasteiger charge is -2.20. The topological polar surface area (TPSA) is 23.9 Å². The van der Waals surface area contributed by atoms with E-state index in [1.54, 1.807) is 0 Å². The molecule has 1 aromatic rings. The van der Waals surface area contributed by atoms with E-state index >= 15 is 0 Å². The third kappa shape index (κ3) is 6.42. The minimum absolute atomic E-state index is 0.114. The Morgan fingerprint density at radius 1 is 1.26 bits per heavy atom. The van der Waals surface area contributed by atoms with Gasteiger partial charge in [-0.1, -0.05) is 74.2 Å². The molecule has 122 valence electrons. The molecular weight excluding hydrogens is 302 g/mol. The summed E-state index contributed by atoms with van der Waals surface area (Å²) in [5.41, 5.74) is 3.79. The Bertz CT molecular complexity index is 604. The Morgan fingerprint density at radius 2 is 1.91 bits per heavy atom. The average Bonchev–Trinajstić information content (AvgIpc) is 2.56. The molecule has 0 saturated heterocycles. The van der Waals surface area contributed by atoms with Gasteiger partial charge in [-0.3, -0.25) is 0 Å². The average molecular weight is 328 g/mol. The molecule has 0 spiro atoms. The van der Waals surface area contributed by atoms with E-state index in [1.807, 2.05) is 43.4 Å². The van der Waals surface area contributed by atoms with Gasteiger partial charge in [0.2, 0.25) is 0 Å². The molecule has 1 aromatic carbocycles. The summed E-state index contributed by atoms with van der Waals surface area (Å²) >= 11 is 5.90. The standard InChI is InChI=1S/C21H26ClN/c1-5-19(14-12-16(3)22)20(6-2)17(4)21(23)15-13-18-10-8-7-9-11-18/h5,7-12,14,20,23H,1,4,6,13,15H2,2-3H3/b16-12+,19-14+,23-21?. The van der Waals surface area contributed by atoms with Crippen LogP contribution in [0, 0.1) is 11.3 Å². The van der Waals surface area contributed by atoms with Crippen LogP contribution >= 0.6 is 11.6 Å². The molecule has 2 heteroatoms. The summed E-state index contributed by atoms with van der Waals surface area (Å²) in [4.78, 5) is 0. The molecule has 0 fully saturated rings. The van der Waals surface area contributed by atoms with Gasteiger partial charge in [-0.05, 0) is 49.0 Å². The van der Waals surface area contributed by atoms with E-state index in [0.29, 0.717) is 12.1 Å². The van der Waals surface area contributed by atoms with E-state index in [1.165, 1.54) is 5.56 Å². The van der Waals surface area contributed by atoms with E-state index in [4.69, 9.17) is 17.0 Å². The quantitative estimate of drug-likeness (QED) is 0.396. The summed E-state index contributed by atoms with van der Waals surface area (Å²) in [7, 11) is 0. The van der Waals surface area contributed by atoms with Crippen molar-refractivity contribution in [2.24, 2.45) is 5.92 Å². The van der Waals surface area contributed by atoms with Crippen molar-refractivity contribution in [2.75, 3.05) is 0 Å². The predicted octanol–water partition coefficient (Wildman–Crippen LogP) is 6.48. The third-order valence-electron chi connectivity index (χ3n) is 3.87. The van der Waals surface area contributed by atoms with Crippen LogP contribution in [-0.2, 0) is 6.42 Å². The van der Waals surface area contributed by atoms with Gasteiger partial charge in [0.1, 0.15) is 0 Å². The number of hydrogen-bond donors (Lipinski definition) is 1. The molecule has 1 unspecified atom stereocenters. The lowest BCUT2D eigenvalue weighted by Crippen LogP contribution is -2.13. The summed E-state index contributed by atoms with van der Waals surface area (Å²) in [5.74, 6) is 0.114. The van der Waals surface area contributed by atoms with Gasteiger partial charge in [0, 0.05) is 16.7 Å². The van der Waals surface area contributed by atoms with Crippen molar-refractivity contribution in [2.45, 2.75) is 33.1 Å². The Morgan fingerprint density at radius 3 is 2.43 bits per heavy atom. The van der Waals surface area contributed by atoms with Crippen molar-refractivity contribution >= 4 is 17.3 Å². The summed E-state index contributed by atoms with van der Waals surface area (Å²) in [5, 5.41) is 9.09. The first kappa shape index (κ1) is 19.2. The normalized spacial score (nSPS) is 13.5. The van der Waals surface area contributed by atoms with Crippen molar-refractivity contribution < 1.29 is 0 Å². The Hall–Kier alpha value is -1.86. The van der Waals surface area contributed by atoms with Crippen molar-refractivity contribution in [1.29, 1.82) is 5.41 Å². The van der Waals surface area contributed by atoms with Crippen LogP contribution in [0.1, 0.15) is 32.3 Å². The number of benzene rings is 1. The molecule has 0 aliphatic heterocycles. The molecule has 0 amide bonds. The molecule has 0 saturated carbocycles. The molecule has 0 radical (unpaired) electrons. The zero-order valence-electron chi connectivity index (χ0n) is 14.1. The number of halogens is 1. The van der Waals surface area contributed by atoms with E-state index in [2.05, 4.69) is 32.2 Å². The lowest BCUT2D eigenvalue weighted by molar-refractivity contribution is 0.720. The molecule has 0 aliphatic rings. The fraction of sp³-hybridized carbons (Fsp3) is 0.286. The molecule has 0 bridgehead atoms. The third-order valence-corrected chi connectivity index (χ3v) is 3.99. The number of nitrogens with one attached hydrogen (secondary N) is 1. The van der Waals surface area contributed by atoms with Crippen LogP contribution in [0.25, 0.3) is 0 Å². The summed E-state index contributed by atoms with van der Waals surface area (Å²) in [6, 6.07) is 10.3. The highest BCUT2D eigenvalue weighted by atomic mass is 35.5. The maximum atomic E-state index is 8.36. The molecule has 1 N–H and O–H groups in total. The number of hydrogen-bond acceptors (Lipinski definition) is 1. The molecule has 0 aliphatic carbocycles. The molecule has 0 heterocycles. The fourth-order valence-electron chi connectivity index (χ4n) is 2.51. The Balaban J connectivity index is 2.78. The second-order valence-electron chi connectivity index (χ2n) is 5.57. The van der Waals surface area contributed by atoms with Crippen LogP contribution < -0.4 is 0 Å². The zero-order chi connectivity index (χ0) is 17.2. The molecule has 1 nitrogen and oxygen atoms in total. The van der Waals surface area contributed by atoms with E-state index < -0.39 is 0 Å². The Kier molecular flexibility index (Phi) is 8.36. The first-order valence-corrected chi connectivity index (χ1v) is 8.34. The largest absolute Gasteiger partial charge is 0.305 e. The monoisotopic (exact) mass is 327 g/mol. The smallest absolute Gasteiger partial charge is 0.0349 e. The minimum atomic E-state index is 0.114. The highest BCUT2D eigenvalue weighted by Gasteiger charge is 2.17. The van der Waals surface area contributed by atoms with Gasteiger partial charge in [-0.25, -0.2) is 0 Å². The van der Waals surface area contributed by atoms with Crippen LogP contribution in [0.4, 0.5) is 0 Å². The van der Waals surface area contributed by atoms with E-state index in [-0.39, 0.29) is 5.92 Å². The van der Waals surface area contributed by atoms with Gasteiger partial charge < -0.3 is 5.41 Å². The van der Waals surface area contributed by atoms with E-state index in [0.717, 1.165) is 29.0 Å². The lowest BCUT2D eigenvalue weighted by atomic mass is 9.85. The van der Waals surface area contributed by atoms with Gasteiger partial charge in [-0.15, -0.1) is 0 Å². The highest BCUT2D eigenvalue weighted by Crippen LogP contribution is 2.26. The molecule has 1 rings (SSSR count). The first-order chi connectivity index (χ1) is 11.0. The van der Waals surface area contributed by atoms with Crippen LogP contribution in [0.3, 0.4) is 0 Å². The van der Waals surface area contributed by atoms with Crippen LogP contribution in [0.2, 0.25) is 0 Å². The van der Waals surface area contributed by atoms with Crippen LogP contribution in [-0.4, -0.2) is 5.71 Å². The van der Waals surface area contributed by atoms with Crippen LogP contribution in [0.15, 0.2) is 77.9 Å². The van der Waals surface area contributed by atoms with Crippen molar-refractivity contribution in [3.63, 3.8) is 0 Å². The van der Waals surface area contributed by atoms with Crippen molar-refractivity contribution in [1.82, 2.24) is 0 Å². The first-order valence-electron chi connectivity index (χ1n) is 7.96. The summed E-state index contributed by atoms with van der Waals surface area (Å²) in [6.45, 7) is 12.0. The SMILES string of the molecule is C=C/C(=C\C=C(/C)Cl)C(CC)C(=C)C(=N)CCc1ccccc1. The number of rotatable bonds is 9. The molecule has 0 aromatic heterocycles. The predicted molar refractivity (Wildman–Crippen MR) is 103 cm³/mol. The zero-order valence-corrected chi connectivity index (χ0v) is 14.9. The van der Waals surface area contributed by atoms with Gasteiger partial charge in [-0.2, -0.15) is 0 Å². The maximum absolute atomic E-state index is 8.36. The minimum Gasteiger partial charge on any atom is -0.305 e. The second-order valence-corrected chi connectivity index (χ2v) is 6.17. The van der Waals surface area contributed by atoms with Gasteiger partial charge in [0.25, 0.3) is 0 Å². The van der Waals surface area contributed by atoms with Crippen molar-refractivity contribution in [3.05, 3.63) is 83.5 Å². The van der Waals surface area contributed by atoms with Crippen LogP contribution in [0.5, 0.6) is 0 Å². The number of aryl methyl sites for hydroxylation is 1. The summed E-state index contributed by atoms with van der Waals surface area (Å²) in [6.07, 6.45) is 8.12. The van der Waals surface area contributed by atoms with E-state index in [9.17, 15) is 0 Å². The molecular formula is C21H26ClN. The Labute approximate surface area is 145 Å². The molecule has 23 heavy (non-hydrogen) atoms. The van der Waals surface area contributed by atoms with Gasteiger partial charge in [0.15, 0.2) is 0 Å². The fourth-order valence-corrected chi connectivity index (χ4v) is 2.57. The second kappa shape index (κ2) is 10.0. The summed E-state index contributed by atoms with van der Waals surface area (Å²) < 4.78 is 0. The van der Waals surface area contributed by atoms with Crippen molar-refractivity contribution in [3.8, 4) is 0 Å². The molecule has 1 atom stereocenters. The van der Waals surface area contributed by atoms with Gasteiger partial charge >= 0.3 is 0 Å². The highest BCUT2D eigenvalue weighted by molar-refractivity contribution is 6.29. The maximum Gasteiger partial charge on any atom is 0.0349 e. The number of allylic oxidation sites excluding steroid dienone is 6. The van der Waals surface area contributed by atoms with Gasteiger partial charge in [0.05, 0.1) is 0 Å².